The standard InChI is InChI=1S/C19H20N6O2S/c1-12-13(2)28-18(24-6-3-4-7-24)14(12)19(26)27-9-5-8-25-11-23-15-16(20)21-10-22-17(15)25/h3-4,6-7,10-11H,5,8-9H2,1-2H3,(H2,20,21,22). The molecule has 0 fully saturated rings. The van der Waals surface area contributed by atoms with Crippen molar-refractivity contribution in [3.05, 3.63) is 53.2 Å². The van der Waals surface area contributed by atoms with Crippen LogP contribution >= 0.6 is 11.3 Å². The number of imidazole rings is 1. The van der Waals surface area contributed by atoms with E-state index in [-0.39, 0.29) is 5.97 Å². The van der Waals surface area contributed by atoms with Gasteiger partial charge in [-0.15, -0.1) is 11.3 Å². The van der Waals surface area contributed by atoms with Crippen LogP contribution in [0.15, 0.2) is 37.2 Å². The largest absolute Gasteiger partial charge is 0.462 e. The summed E-state index contributed by atoms with van der Waals surface area (Å²) in [7, 11) is 0. The van der Waals surface area contributed by atoms with E-state index in [0.29, 0.717) is 42.1 Å². The molecule has 28 heavy (non-hydrogen) atoms. The topological polar surface area (TPSA) is 101 Å². The van der Waals surface area contributed by atoms with Gasteiger partial charge in [0.15, 0.2) is 11.5 Å². The van der Waals surface area contributed by atoms with E-state index in [1.807, 2.05) is 47.5 Å². The van der Waals surface area contributed by atoms with Crippen molar-refractivity contribution >= 4 is 34.3 Å². The number of nitrogens with zero attached hydrogens (tertiary/aromatic N) is 5. The molecule has 0 amide bonds. The van der Waals surface area contributed by atoms with E-state index < -0.39 is 0 Å². The molecule has 144 valence electrons. The molecule has 4 heterocycles. The average Bonchev–Trinajstić information content (AvgIpc) is 3.40. The second-order valence-electron chi connectivity index (χ2n) is 6.41. The zero-order chi connectivity index (χ0) is 19.7. The lowest BCUT2D eigenvalue weighted by atomic mass is 10.1. The molecule has 0 bridgehead atoms. The van der Waals surface area contributed by atoms with Gasteiger partial charge in [-0.25, -0.2) is 19.7 Å². The second-order valence-corrected chi connectivity index (χ2v) is 7.62. The van der Waals surface area contributed by atoms with Crippen LogP contribution in [0.2, 0.25) is 0 Å². The number of nitrogen functional groups attached to an aromatic ring is 1. The molecule has 0 saturated carbocycles. The molecule has 0 aliphatic carbocycles. The fraction of sp³-hybridized carbons (Fsp3) is 0.263. The first-order chi connectivity index (χ1) is 13.6. The SMILES string of the molecule is Cc1sc(-n2cccc2)c(C(=O)OCCCn2cnc3c(N)ncnc32)c1C. The number of esters is 1. The molecule has 0 unspecified atom stereocenters. The van der Waals surface area contributed by atoms with Crippen LogP contribution < -0.4 is 5.73 Å². The lowest BCUT2D eigenvalue weighted by Crippen LogP contribution is -2.11. The number of aryl methyl sites for hydroxylation is 2. The summed E-state index contributed by atoms with van der Waals surface area (Å²) in [4.78, 5) is 26.2. The molecule has 0 aliphatic heterocycles. The molecule has 0 atom stereocenters. The summed E-state index contributed by atoms with van der Waals surface area (Å²) in [5.41, 5.74) is 8.66. The first-order valence-corrected chi connectivity index (χ1v) is 9.69. The van der Waals surface area contributed by atoms with Gasteiger partial charge in [-0.3, -0.25) is 0 Å². The zero-order valence-corrected chi connectivity index (χ0v) is 16.4. The van der Waals surface area contributed by atoms with Crippen molar-refractivity contribution in [2.45, 2.75) is 26.8 Å². The maximum absolute atomic E-state index is 12.7. The normalized spacial score (nSPS) is 11.2. The predicted molar refractivity (Wildman–Crippen MR) is 108 cm³/mol. The monoisotopic (exact) mass is 396 g/mol. The molecule has 0 radical (unpaired) electrons. The van der Waals surface area contributed by atoms with Crippen LogP contribution in [0.1, 0.15) is 27.2 Å². The van der Waals surface area contributed by atoms with E-state index in [2.05, 4.69) is 15.0 Å². The summed E-state index contributed by atoms with van der Waals surface area (Å²) in [6.07, 6.45) is 7.59. The average molecular weight is 396 g/mol. The minimum absolute atomic E-state index is 0.299. The Hall–Kier alpha value is -3.20. The number of hydrogen-bond acceptors (Lipinski definition) is 7. The lowest BCUT2D eigenvalue weighted by molar-refractivity contribution is 0.0496. The van der Waals surface area contributed by atoms with Crippen molar-refractivity contribution in [3.63, 3.8) is 0 Å². The van der Waals surface area contributed by atoms with Crippen LogP contribution in [0, 0.1) is 13.8 Å². The molecule has 4 aromatic heterocycles. The van der Waals surface area contributed by atoms with Crippen LogP contribution in [-0.2, 0) is 11.3 Å². The van der Waals surface area contributed by atoms with Gasteiger partial charge in [0, 0.05) is 23.8 Å². The van der Waals surface area contributed by atoms with Crippen LogP contribution in [-0.4, -0.2) is 36.7 Å². The molecule has 4 aromatic rings. The Morgan fingerprint density at radius 2 is 2.00 bits per heavy atom. The van der Waals surface area contributed by atoms with E-state index in [1.54, 1.807) is 17.7 Å². The number of rotatable bonds is 6. The molecule has 0 saturated heterocycles. The Kier molecular flexibility index (Phi) is 4.82. The zero-order valence-electron chi connectivity index (χ0n) is 15.6. The number of thiophene rings is 1. The maximum Gasteiger partial charge on any atom is 0.341 e. The van der Waals surface area contributed by atoms with Crippen LogP contribution in [0.5, 0.6) is 0 Å². The third-order valence-electron chi connectivity index (χ3n) is 4.62. The van der Waals surface area contributed by atoms with Gasteiger partial charge in [-0.05, 0) is 38.0 Å². The van der Waals surface area contributed by atoms with Gasteiger partial charge in [0.2, 0.25) is 0 Å². The number of ether oxygens (including phenoxy) is 1. The Morgan fingerprint density at radius 3 is 2.79 bits per heavy atom. The van der Waals surface area contributed by atoms with E-state index in [1.165, 1.54) is 6.33 Å². The number of carbonyl (C=O) groups excluding carboxylic acids is 1. The van der Waals surface area contributed by atoms with Crippen LogP contribution in [0.4, 0.5) is 5.82 Å². The van der Waals surface area contributed by atoms with Gasteiger partial charge in [0.1, 0.15) is 16.8 Å². The smallest absolute Gasteiger partial charge is 0.341 e. The fourth-order valence-corrected chi connectivity index (χ4v) is 4.15. The Bertz CT molecular complexity index is 1130. The molecule has 9 heteroatoms. The summed E-state index contributed by atoms with van der Waals surface area (Å²) < 4.78 is 9.39. The number of anilines is 1. The maximum atomic E-state index is 12.7. The van der Waals surface area contributed by atoms with E-state index in [9.17, 15) is 4.79 Å². The number of nitrogens with two attached hydrogens (primary N) is 1. The molecule has 8 nitrogen and oxygen atoms in total. The van der Waals surface area contributed by atoms with Gasteiger partial charge in [0.25, 0.3) is 0 Å². The minimum Gasteiger partial charge on any atom is -0.462 e. The van der Waals surface area contributed by atoms with E-state index >= 15 is 0 Å². The van der Waals surface area contributed by atoms with Crippen LogP contribution in [0.25, 0.3) is 16.2 Å². The van der Waals surface area contributed by atoms with Gasteiger partial charge in [-0.2, -0.15) is 0 Å². The van der Waals surface area contributed by atoms with Crippen molar-refractivity contribution in [3.8, 4) is 5.00 Å². The number of carbonyl (C=O) groups is 1. The van der Waals surface area contributed by atoms with Gasteiger partial charge >= 0.3 is 5.97 Å². The summed E-state index contributed by atoms with van der Waals surface area (Å²) in [6.45, 7) is 4.89. The second kappa shape index (κ2) is 7.43. The Morgan fingerprint density at radius 1 is 1.21 bits per heavy atom. The minimum atomic E-state index is -0.299. The highest BCUT2D eigenvalue weighted by Gasteiger charge is 2.21. The molecule has 0 aliphatic rings. The Labute approximate surface area is 165 Å². The summed E-state index contributed by atoms with van der Waals surface area (Å²) >= 11 is 1.59. The number of hydrogen-bond donors (Lipinski definition) is 1. The molecule has 4 rings (SSSR count). The number of fused-ring (bicyclic) bond motifs is 1. The Balaban J connectivity index is 1.42. The summed E-state index contributed by atoms with van der Waals surface area (Å²) in [6, 6.07) is 3.87. The highest BCUT2D eigenvalue weighted by molar-refractivity contribution is 7.15. The highest BCUT2D eigenvalue weighted by atomic mass is 32.1. The van der Waals surface area contributed by atoms with Crippen molar-refractivity contribution in [2.24, 2.45) is 0 Å². The first kappa shape index (κ1) is 18.2. The third-order valence-corrected chi connectivity index (χ3v) is 5.84. The number of aromatic nitrogens is 5. The summed E-state index contributed by atoms with van der Waals surface area (Å²) in [5, 5.41) is 0.887. The lowest BCUT2D eigenvalue weighted by Gasteiger charge is -2.08. The van der Waals surface area contributed by atoms with Crippen molar-refractivity contribution in [1.82, 2.24) is 24.1 Å². The van der Waals surface area contributed by atoms with Crippen LogP contribution in [0.3, 0.4) is 0 Å². The quantitative estimate of drug-likeness (QED) is 0.397. The van der Waals surface area contributed by atoms with E-state index in [0.717, 1.165) is 15.4 Å². The highest BCUT2D eigenvalue weighted by Crippen LogP contribution is 2.31. The van der Waals surface area contributed by atoms with Crippen molar-refractivity contribution < 1.29 is 9.53 Å². The molecular formula is C19H20N6O2S. The van der Waals surface area contributed by atoms with E-state index in [4.69, 9.17) is 10.5 Å². The van der Waals surface area contributed by atoms with Crippen molar-refractivity contribution in [2.75, 3.05) is 12.3 Å². The fourth-order valence-electron chi connectivity index (χ4n) is 3.04. The van der Waals surface area contributed by atoms with Crippen molar-refractivity contribution in [1.29, 1.82) is 0 Å². The van der Waals surface area contributed by atoms with Gasteiger partial charge < -0.3 is 19.6 Å². The first-order valence-electron chi connectivity index (χ1n) is 8.88. The molecule has 2 N–H and O–H groups in total. The van der Waals surface area contributed by atoms with Gasteiger partial charge in [0.05, 0.1) is 18.5 Å². The molecular weight excluding hydrogens is 376 g/mol. The molecule has 0 aromatic carbocycles. The molecule has 0 spiro atoms. The summed E-state index contributed by atoms with van der Waals surface area (Å²) in [5.74, 6) is 0.0589. The predicted octanol–water partition coefficient (Wildman–Crippen LogP) is 3.12. The third kappa shape index (κ3) is 3.24. The van der Waals surface area contributed by atoms with Gasteiger partial charge in [-0.1, -0.05) is 0 Å².